The third kappa shape index (κ3) is 4.73. The Morgan fingerprint density at radius 2 is 1.79 bits per heavy atom. The smallest absolute Gasteiger partial charge is 0.260 e. The summed E-state index contributed by atoms with van der Waals surface area (Å²) in [4.78, 5) is 36.2. The fraction of sp³-hybridized carbons (Fsp3) is 0.391. The van der Waals surface area contributed by atoms with Crippen LogP contribution >= 0.6 is 11.6 Å². The van der Waals surface area contributed by atoms with Crippen LogP contribution in [0.5, 0.6) is 0 Å². The second-order valence-electron chi connectivity index (χ2n) is 7.78. The molecule has 150 valence electrons. The van der Waals surface area contributed by atoms with E-state index in [9.17, 15) is 9.59 Å². The Labute approximate surface area is 175 Å². The van der Waals surface area contributed by atoms with Crippen LogP contribution in [0.25, 0.3) is 0 Å². The van der Waals surface area contributed by atoms with E-state index in [1.165, 1.54) is 6.42 Å². The molecule has 1 heterocycles. The molecular weight excluding hydrogens is 386 g/mol. The van der Waals surface area contributed by atoms with Gasteiger partial charge in [0, 0.05) is 17.5 Å². The highest BCUT2D eigenvalue weighted by Gasteiger charge is 2.30. The number of benzene rings is 1. The Bertz CT molecular complexity index is 909. The van der Waals surface area contributed by atoms with Crippen molar-refractivity contribution in [1.29, 1.82) is 0 Å². The minimum absolute atomic E-state index is 0.0360. The maximum Gasteiger partial charge on any atom is 0.260 e. The van der Waals surface area contributed by atoms with Crippen molar-refractivity contribution in [2.24, 2.45) is 21.8 Å². The number of hydrogen-bond donors (Lipinski definition) is 0. The van der Waals surface area contributed by atoms with E-state index < -0.39 is 5.92 Å². The molecule has 0 radical (unpaired) electrons. The van der Waals surface area contributed by atoms with Crippen molar-refractivity contribution in [2.45, 2.75) is 38.6 Å². The number of allylic oxidation sites excluding steroid dienone is 3. The first-order valence-corrected chi connectivity index (χ1v) is 10.6. The Balaban J connectivity index is 1.56. The van der Waals surface area contributed by atoms with Crippen LogP contribution in [0.2, 0.25) is 5.02 Å². The highest BCUT2D eigenvalue weighted by Crippen LogP contribution is 2.26. The molecule has 1 fully saturated rings. The number of halogens is 1. The minimum atomic E-state index is -0.400. The van der Waals surface area contributed by atoms with Crippen LogP contribution in [0.4, 0.5) is 0 Å². The molecule has 0 N–H and O–H groups in total. The molecule has 0 saturated heterocycles. The van der Waals surface area contributed by atoms with Crippen LogP contribution in [0.1, 0.15) is 37.7 Å². The number of aliphatic imine (C=N–C) groups is 2. The van der Waals surface area contributed by atoms with Crippen molar-refractivity contribution in [1.82, 2.24) is 4.90 Å². The van der Waals surface area contributed by atoms with E-state index in [2.05, 4.69) is 9.98 Å². The van der Waals surface area contributed by atoms with Crippen LogP contribution in [0, 0.1) is 11.8 Å². The summed E-state index contributed by atoms with van der Waals surface area (Å²) in [6, 6.07) is 7.50. The first kappa shape index (κ1) is 19.8. The number of fused-ring (bicyclic) bond motifs is 1. The maximum atomic E-state index is 13.3. The van der Waals surface area contributed by atoms with Gasteiger partial charge in [-0.3, -0.25) is 9.59 Å². The van der Waals surface area contributed by atoms with Crippen molar-refractivity contribution < 1.29 is 9.59 Å². The Morgan fingerprint density at radius 3 is 2.55 bits per heavy atom. The molecule has 29 heavy (non-hydrogen) atoms. The topological polar surface area (TPSA) is 62.1 Å². The summed E-state index contributed by atoms with van der Waals surface area (Å²) in [7, 11) is 0. The molecule has 0 bridgehead atoms. The number of hydrogen-bond acceptors (Lipinski definition) is 3. The summed E-state index contributed by atoms with van der Waals surface area (Å²) < 4.78 is 0. The molecule has 1 aromatic rings. The molecule has 1 aromatic carbocycles. The van der Waals surface area contributed by atoms with Gasteiger partial charge in [-0.05, 0) is 36.6 Å². The van der Waals surface area contributed by atoms with Gasteiger partial charge in [0.2, 0.25) is 5.91 Å². The summed E-state index contributed by atoms with van der Waals surface area (Å²) in [6.45, 7) is 0.682. The lowest BCUT2D eigenvalue weighted by Gasteiger charge is -2.30. The molecule has 0 spiro atoms. The van der Waals surface area contributed by atoms with Gasteiger partial charge in [-0.15, -0.1) is 0 Å². The van der Waals surface area contributed by atoms with Crippen molar-refractivity contribution in [3.8, 4) is 0 Å². The van der Waals surface area contributed by atoms with Crippen LogP contribution in [0.3, 0.4) is 0 Å². The lowest BCUT2D eigenvalue weighted by atomic mass is 9.88. The normalized spacial score (nSPS) is 21.4. The van der Waals surface area contributed by atoms with E-state index in [4.69, 9.17) is 11.6 Å². The first-order chi connectivity index (χ1) is 14.1. The third-order valence-electron chi connectivity index (χ3n) is 5.65. The summed E-state index contributed by atoms with van der Waals surface area (Å²) in [5, 5.41) is 0.663. The van der Waals surface area contributed by atoms with Gasteiger partial charge in [0.1, 0.15) is 5.92 Å². The van der Waals surface area contributed by atoms with Crippen LogP contribution < -0.4 is 0 Å². The zero-order valence-corrected chi connectivity index (χ0v) is 17.0. The first-order valence-electron chi connectivity index (χ1n) is 10.2. The van der Waals surface area contributed by atoms with Gasteiger partial charge in [0.05, 0.1) is 12.3 Å². The van der Waals surface area contributed by atoms with Gasteiger partial charge in [-0.2, -0.15) is 4.99 Å². The maximum absolute atomic E-state index is 13.3. The average molecular weight is 410 g/mol. The zero-order valence-electron chi connectivity index (χ0n) is 16.3. The van der Waals surface area contributed by atoms with Crippen molar-refractivity contribution in [2.75, 3.05) is 6.54 Å². The van der Waals surface area contributed by atoms with Crippen LogP contribution in [0.15, 0.2) is 58.6 Å². The van der Waals surface area contributed by atoms with E-state index in [1.54, 1.807) is 11.0 Å². The highest BCUT2D eigenvalue weighted by molar-refractivity contribution is 6.30. The monoisotopic (exact) mass is 409 g/mol. The quantitative estimate of drug-likeness (QED) is 0.724. The molecule has 5 nitrogen and oxygen atoms in total. The van der Waals surface area contributed by atoms with Crippen LogP contribution in [-0.2, 0) is 16.1 Å². The van der Waals surface area contributed by atoms with Gasteiger partial charge in [-0.1, -0.05) is 61.2 Å². The van der Waals surface area contributed by atoms with Crippen molar-refractivity contribution in [3.05, 3.63) is 59.2 Å². The Kier molecular flexibility index (Phi) is 6.05. The molecule has 2 amide bonds. The van der Waals surface area contributed by atoms with Crippen molar-refractivity contribution in [3.63, 3.8) is 0 Å². The lowest BCUT2D eigenvalue weighted by Crippen LogP contribution is -2.41. The predicted molar refractivity (Wildman–Crippen MR) is 115 cm³/mol. The predicted octanol–water partition coefficient (Wildman–Crippen LogP) is 4.37. The van der Waals surface area contributed by atoms with Gasteiger partial charge in [0.25, 0.3) is 5.91 Å². The van der Waals surface area contributed by atoms with Crippen molar-refractivity contribution >= 4 is 35.0 Å². The fourth-order valence-electron chi connectivity index (χ4n) is 4.09. The molecule has 2 aliphatic carbocycles. The van der Waals surface area contributed by atoms with Gasteiger partial charge < -0.3 is 4.90 Å². The number of carbonyl (C=O) groups excluding carboxylic acids is 2. The third-order valence-corrected chi connectivity index (χ3v) is 5.90. The van der Waals surface area contributed by atoms with E-state index >= 15 is 0 Å². The minimum Gasteiger partial charge on any atom is -0.331 e. The summed E-state index contributed by atoms with van der Waals surface area (Å²) in [5.41, 5.74) is 1.69. The largest absolute Gasteiger partial charge is 0.331 e. The molecule has 1 saturated carbocycles. The van der Waals surface area contributed by atoms with E-state index in [-0.39, 0.29) is 24.3 Å². The highest BCUT2D eigenvalue weighted by atomic mass is 35.5. The fourth-order valence-corrected chi connectivity index (χ4v) is 4.22. The second kappa shape index (κ2) is 8.87. The molecule has 1 aliphatic heterocycles. The van der Waals surface area contributed by atoms with Gasteiger partial charge in [0.15, 0.2) is 5.84 Å². The number of carbonyl (C=O) groups is 2. The van der Waals surface area contributed by atoms with Gasteiger partial charge >= 0.3 is 0 Å². The summed E-state index contributed by atoms with van der Waals surface area (Å²) >= 11 is 6.00. The second-order valence-corrected chi connectivity index (χ2v) is 8.22. The summed E-state index contributed by atoms with van der Waals surface area (Å²) in [6.07, 6.45) is 12.6. The van der Waals surface area contributed by atoms with E-state index in [0.717, 1.165) is 31.2 Å². The average Bonchev–Trinajstić information content (AvgIpc) is 2.75. The SMILES string of the molecule is O=C1N=C(CN(Cc2ccc(Cl)cc2)C(=O)C2CCCCC2)N=C2C=CC=CC12. The standard InChI is InChI=1S/C23H24ClN3O2/c24-18-12-10-16(11-13-18)14-27(23(29)17-6-2-1-3-7-17)15-21-25-20-9-5-4-8-19(20)22(28)26-21/h4-5,8-13,17,19H,1-3,6-7,14-15H2. The molecule has 1 unspecified atom stereocenters. The summed E-state index contributed by atoms with van der Waals surface area (Å²) in [5.74, 6) is -0.0611. The van der Waals surface area contributed by atoms with E-state index in [1.807, 2.05) is 42.5 Å². The number of nitrogens with zero attached hydrogens (tertiary/aromatic N) is 3. The number of amidine groups is 1. The molecule has 0 aromatic heterocycles. The van der Waals surface area contributed by atoms with Crippen LogP contribution in [-0.4, -0.2) is 34.8 Å². The Hall–Kier alpha value is -2.53. The lowest BCUT2D eigenvalue weighted by molar-refractivity contribution is -0.136. The van der Waals surface area contributed by atoms with Gasteiger partial charge in [-0.25, -0.2) is 4.99 Å². The number of amides is 2. The van der Waals surface area contributed by atoms with E-state index in [0.29, 0.717) is 23.1 Å². The number of rotatable bonds is 5. The zero-order chi connectivity index (χ0) is 20.2. The Morgan fingerprint density at radius 1 is 1.03 bits per heavy atom. The molecule has 4 rings (SSSR count). The molecule has 1 atom stereocenters. The molecule has 6 heteroatoms. The molecule has 3 aliphatic rings. The molecular formula is C23H24ClN3O2.